The number of urea groups is 1. The number of pyridine rings is 1. The lowest BCUT2D eigenvalue weighted by molar-refractivity contribution is -0.409. The molecule has 5 rings (SSSR count). The SMILES string of the molecule is CC1(C)COc2c([S-](=O)=[N+](N)C(=O)Nc3c(-c4ccnc(C(F)(F)F)c4)ccc4c3CCC4)cnn2C1. The van der Waals surface area contributed by atoms with E-state index in [4.69, 9.17) is 10.6 Å². The third kappa shape index (κ3) is 4.80. The lowest BCUT2D eigenvalue weighted by Crippen LogP contribution is -2.34. The van der Waals surface area contributed by atoms with Crippen molar-refractivity contribution in [1.82, 2.24) is 14.8 Å². The first-order chi connectivity index (χ1) is 17.4. The van der Waals surface area contributed by atoms with E-state index in [2.05, 4.69) is 15.4 Å². The summed E-state index contributed by atoms with van der Waals surface area (Å²) in [7, 11) is -2.15. The quantitative estimate of drug-likeness (QED) is 0.168. The highest BCUT2D eigenvalue weighted by molar-refractivity contribution is 7.72. The van der Waals surface area contributed by atoms with Gasteiger partial charge in [-0.15, -0.1) is 0 Å². The number of halogens is 3. The molecule has 0 unspecified atom stereocenters. The minimum absolute atomic E-state index is 0.149. The molecule has 1 aromatic carbocycles. The van der Waals surface area contributed by atoms with Crippen molar-refractivity contribution < 1.29 is 31.0 Å². The van der Waals surface area contributed by atoms with Gasteiger partial charge in [0.2, 0.25) is 0 Å². The maximum absolute atomic E-state index is 13.3. The van der Waals surface area contributed by atoms with E-state index in [-0.39, 0.29) is 21.8 Å². The van der Waals surface area contributed by atoms with E-state index in [9.17, 15) is 22.2 Å². The maximum Gasteiger partial charge on any atom is 0.493 e. The van der Waals surface area contributed by atoms with Crippen LogP contribution in [-0.4, -0.2) is 31.5 Å². The van der Waals surface area contributed by atoms with E-state index < -0.39 is 28.5 Å². The van der Waals surface area contributed by atoms with E-state index in [0.717, 1.165) is 36.2 Å². The molecule has 3 heterocycles. The van der Waals surface area contributed by atoms with Gasteiger partial charge in [-0.05, 0) is 48.6 Å². The normalized spacial score (nSPS) is 17.4. The average Bonchev–Trinajstić information content (AvgIpc) is 3.49. The van der Waals surface area contributed by atoms with Crippen LogP contribution >= 0.6 is 0 Å². The van der Waals surface area contributed by atoms with E-state index in [0.29, 0.717) is 34.9 Å². The van der Waals surface area contributed by atoms with E-state index in [1.165, 1.54) is 12.3 Å². The van der Waals surface area contributed by atoms with Crippen LogP contribution in [0, 0.1) is 5.41 Å². The lowest BCUT2D eigenvalue weighted by Gasteiger charge is -2.31. The van der Waals surface area contributed by atoms with Gasteiger partial charge in [-0.25, -0.2) is 14.1 Å². The Bertz CT molecular complexity index is 1490. The molecular weight excluding hydrogens is 509 g/mol. The van der Waals surface area contributed by atoms with Crippen molar-refractivity contribution in [1.29, 1.82) is 0 Å². The number of anilines is 1. The molecule has 1 aliphatic carbocycles. The van der Waals surface area contributed by atoms with Crippen LogP contribution in [0.1, 0.15) is 37.1 Å². The standard InChI is InChI=1S/C24H25F3N6O3S/c1-23(2)12-32-21(36-13-23)18(11-30-32)37(35)33(28)22(34)31-20-16-5-3-4-14(16)6-7-17(20)15-8-9-29-19(10-15)24(25,26)27/h6-11H,3-5,12-13,28H2,1-2H3,(H,31,34). The number of nitrogens with two attached hydrogens (primary N) is 1. The predicted molar refractivity (Wildman–Crippen MR) is 128 cm³/mol. The molecule has 2 amide bonds. The third-order valence-electron chi connectivity index (χ3n) is 6.38. The summed E-state index contributed by atoms with van der Waals surface area (Å²) in [6.07, 6.45) is 0.0395. The van der Waals surface area contributed by atoms with Gasteiger partial charge in [0.05, 0.1) is 13.2 Å². The van der Waals surface area contributed by atoms with Crippen molar-refractivity contribution in [3.05, 3.63) is 53.5 Å². The number of hydrogen-bond acceptors (Lipinski definition) is 6. The van der Waals surface area contributed by atoms with Crippen LogP contribution in [0.2, 0.25) is 0 Å². The highest BCUT2D eigenvalue weighted by Gasteiger charge is 2.33. The van der Waals surface area contributed by atoms with Gasteiger partial charge in [0, 0.05) is 33.8 Å². The number of nitrogens with one attached hydrogen (secondary N) is 1. The molecular formula is C24H25F3N6O3S. The number of carbonyl (C=O) groups is 1. The van der Waals surface area contributed by atoms with Gasteiger partial charge >= 0.3 is 12.2 Å². The molecule has 3 aromatic rings. The molecule has 13 heteroatoms. The van der Waals surface area contributed by atoms with Crippen molar-refractivity contribution in [2.24, 2.45) is 11.3 Å². The molecule has 0 bridgehead atoms. The first-order valence-electron chi connectivity index (χ1n) is 11.6. The molecule has 196 valence electrons. The second kappa shape index (κ2) is 9.14. The number of fused-ring (bicyclic) bond motifs is 2. The second-order valence-corrected chi connectivity index (χ2v) is 11.2. The van der Waals surface area contributed by atoms with E-state index in [1.807, 2.05) is 19.9 Å². The van der Waals surface area contributed by atoms with Crippen molar-refractivity contribution in [2.45, 2.75) is 50.7 Å². The first kappa shape index (κ1) is 25.2. The summed E-state index contributed by atoms with van der Waals surface area (Å²) in [5.74, 6) is 6.25. The molecule has 2 aromatic heterocycles. The number of hydrazine groups is 1. The van der Waals surface area contributed by atoms with Crippen LogP contribution in [0.25, 0.3) is 11.1 Å². The Morgan fingerprint density at radius 2 is 2.05 bits per heavy atom. The smallest absolute Gasteiger partial charge is 0.478 e. The summed E-state index contributed by atoms with van der Waals surface area (Å²) in [6, 6.07) is 5.00. The van der Waals surface area contributed by atoms with Gasteiger partial charge in [-0.2, -0.15) is 28.9 Å². The van der Waals surface area contributed by atoms with E-state index >= 15 is 0 Å². The molecule has 0 saturated carbocycles. The minimum Gasteiger partial charge on any atom is -0.478 e. The highest BCUT2D eigenvalue weighted by atomic mass is 32.2. The van der Waals surface area contributed by atoms with Crippen molar-refractivity contribution in [2.75, 3.05) is 11.9 Å². The Morgan fingerprint density at radius 3 is 2.81 bits per heavy atom. The van der Waals surface area contributed by atoms with Gasteiger partial charge in [-0.1, -0.05) is 30.5 Å². The monoisotopic (exact) mass is 534 g/mol. The summed E-state index contributed by atoms with van der Waals surface area (Å²) in [4.78, 5) is 16.7. The zero-order valence-corrected chi connectivity index (χ0v) is 20.9. The number of aromatic nitrogens is 3. The molecule has 1 aliphatic heterocycles. The molecule has 2 aliphatic rings. The Labute approximate surface area is 212 Å². The van der Waals surface area contributed by atoms with Crippen LogP contribution in [0.5, 0.6) is 5.88 Å². The maximum atomic E-state index is 13.3. The third-order valence-corrected chi connectivity index (χ3v) is 7.56. The fourth-order valence-electron chi connectivity index (χ4n) is 4.60. The van der Waals surface area contributed by atoms with Gasteiger partial charge in [0.1, 0.15) is 11.4 Å². The molecule has 37 heavy (non-hydrogen) atoms. The summed E-state index contributed by atoms with van der Waals surface area (Å²) >= 11 is 0. The van der Waals surface area contributed by atoms with Gasteiger partial charge in [0.15, 0.2) is 5.88 Å². The Balaban J connectivity index is 1.52. The van der Waals surface area contributed by atoms with Crippen LogP contribution in [-0.2, 0) is 40.4 Å². The van der Waals surface area contributed by atoms with Crippen LogP contribution in [0.3, 0.4) is 0 Å². The van der Waals surface area contributed by atoms with Crippen molar-refractivity contribution >= 4 is 22.3 Å². The first-order valence-corrected chi connectivity index (χ1v) is 12.7. The Morgan fingerprint density at radius 1 is 1.27 bits per heavy atom. The van der Waals surface area contributed by atoms with Crippen LogP contribution in [0.15, 0.2) is 41.6 Å². The van der Waals surface area contributed by atoms with Gasteiger partial charge in [0.25, 0.3) is 0 Å². The molecule has 0 radical (unpaired) electrons. The molecule has 0 saturated heterocycles. The fraction of sp³-hybridized carbons (Fsp3) is 0.375. The molecule has 0 fully saturated rings. The zero-order chi connectivity index (χ0) is 26.5. The summed E-state index contributed by atoms with van der Waals surface area (Å²) in [5.41, 5.74) is 1.54. The number of alkyl halides is 3. The van der Waals surface area contributed by atoms with Crippen molar-refractivity contribution in [3.8, 4) is 17.0 Å². The number of nitrogens with zero attached hydrogens (tertiary/aromatic N) is 4. The van der Waals surface area contributed by atoms with Crippen LogP contribution < -0.4 is 15.9 Å². The molecule has 0 atom stereocenters. The summed E-state index contributed by atoms with van der Waals surface area (Å²) in [5, 5.41) is 6.92. The fourth-order valence-corrected chi connectivity index (χ4v) is 5.46. The summed E-state index contributed by atoms with van der Waals surface area (Å²) < 4.78 is 61.0. The lowest BCUT2D eigenvalue weighted by atomic mass is 9.94. The number of amides is 2. The molecule has 0 spiro atoms. The Kier molecular flexibility index (Phi) is 6.23. The minimum atomic E-state index is -4.62. The molecule has 9 nitrogen and oxygen atoms in total. The largest absolute Gasteiger partial charge is 0.493 e. The van der Waals surface area contributed by atoms with Gasteiger partial charge in [-0.3, -0.25) is 4.98 Å². The predicted octanol–water partition coefficient (Wildman–Crippen LogP) is 4.50. The summed E-state index contributed by atoms with van der Waals surface area (Å²) in [6.45, 7) is 4.94. The second-order valence-electron chi connectivity index (χ2n) is 9.84. The number of hydrogen-bond donors (Lipinski definition) is 2. The number of carbonyl (C=O) groups excluding carboxylic acids is 1. The molecule has 3 N–H and O–H groups in total. The van der Waals surface area contributed by atoms with Gasteiger partial charge < -0.3 is 8.95 Å². The topological polar surface area (TPSA) is 115 Å². The zero-order valence-electron chi connectivity index (χ0n) is 20.1. The average molecular weight is 535 g/mol. The number of ether oxygens (including phenoxy) is 1. The number of benzene rings is 1. The van der Waals surface area contributed by atoms with Crippen LogP contribution in [0.4, 0.5) is 23.7 Å². The number of aryl methyl sites for hydroxylation is 1. The van der Waals surface area contributed by atoms with Crippen molar-refractivity contribution in [3.63, 3.8) is 0 Å². The number of rotatable bonds is 3. The Hall–Kier alpha value is -3.45. The van der Waals surface area contributed by atoms with E-state index in [1.54, 1.807) is 10.7 Å². The highest BCUT2D eigenvalue weighted by Crippen LogP contribution is 2.39.